The third-order valence-corrected chi connectivity index (χ3v) is 5.17. The van der Waals surface area contributed by atoms with E-state index in [-0.39, 0.29) is 5.92 Å². The smallest absolute Gasteiger partial charge is 0.325 e. The second-order valence-corrected chi connectivity index (χ2v) is 6.90. The number of carboxylic acid groups (broad SMARTS) is 1. The van der Waals surface area contributed by atoms with Crippen molar-refractivity contribution in [3.63, 3.8) is 0 Å². The van der Waals surface area contributed by atoms with Crippen LogP contribution in [0.5, 0.6) is 0 Å². The van der Waals surface area contributed by atoms with Gasteiger partial charge in [0, 0.05) is 41.9 Å². The maximum absolute atomic E-state index is 11.7. The third kappa shape index (κ3) is 2.92. The lowest BCUT2D eigenvalue weighted by molar-refractivity contribution is -0.147. The Hall–Kier alpha value is -0.460. The largest absolute Gasteiger partial charge is 0.480 e. The second-order valence-electron chi connectivity index (χ2n) is 5.21. The molecule has 0 spiro atoms. The molecule has 0 radical (unpaired) electrons. The van der Waals surface area contributed by atoms with Crippen LogP contribution in [-0.2, 0) is 15.6 Å². The standard InChI is InChI=1S/C12H22N2O3S/c1-2-13-12(11(15)16,10-3-4-10)9-14-5-7-18(17)8-6-14/h10,13H,2-9H2,1H3,(H,15,16). The summed E-state index contributed by atoms with van der Waals surface area (Å²) in [6.45, 7) is 4.66. The van der Waals surface area contributed by atoms with Crippen molar-refractivity contribution in [2.24, 2.45) is 5.92 Å². The van der Waals surface area contributed by atoms with E-state index in [1.165, 1.54) is 0 Å². The van der Waals surface area contributed by atoms with Crippen LogP contribution in [-0.4, -0.2) is 63.4 Å². The topological polar surface area (TPSA) is 69.6 Å². The van der Waals surface area contributed by atoms with Crippen molar-refractivity contribution >= 4 is 16.8 Å². The highest BCUT2D eigenvalue weighted by atomic mass is 32.2. The second kappa shape index (κ2) is 5.67. The van der Waals surface area contributed by atoms with Crippen LogP contribution < -0.4 is 5.32 Å². The van der Waals surface area contributed by atoms with Gasteiger partial charge in [0.05, 0.1) is 0 Å². The zero-order valence-corrected chi connectivity index (χ0v) is 11.7. The molecule has 1 aliphatic carbocycles. The summed E-state index contributed by atoms with van der Waals surface area (Å²) in [7, 11) is -0.708. The Labute approximate surface area is 110 Å². The van der Waals surface area contributed by atoms with E-state index in [9.17, 15) is 14.1 Å². The summed E-state index contributed by atoms with van der Waals surface area (Å²) in [6.07, 6.45) is 2.00. The van der Waals surface area contributed by atoms with E-state index in [1.807, 2.05) is 6.92 Å². The number of hydrogen-bond acceptors (Lipinski definition) is 4. The Morgan fingerprint density at radius 2 is 2.06 bits per heavy atom. The van der Waals surface area contributed by atoms with Crippen LogP contribution in [0.4, 0.5) is 0 Å². The molecular weight excluding hydrogens is 252 g/mol. The fraction of sp³-hybridized carbons (Fsp3) is 0.917. The van der Waals surface area contributed by atoms with Gasteiger partial charge in [-0.25, -0.2) is 0 Å². The summed E-state index contributed by atoms with van der Waals surface area (Å²) in [5.41, 5.74) is -0.798. The number of carboxylic acids is 1. The van der Waals surface area contributed by atoms with Crippen molar-refractivity contribution in [3.8, 4) is 0 Å². The average Bonchev–Trinajstić information content (AvgIpc) is 3.15. The molecule has 0 aromatic rings. The van der Waals surface area contributed by atoms with Crippen LogP contribution >= 0.6 is 0 Å². The zero-order valence-electron chi connectivity index (χ0n) is 10.9. The van der Waals surface area contributed by atoms with Gasteiger partial charge in [-0.05, 0) is 25.3 Å². The van der Waals surface area contributed by atoms with Crippen LogP contribution in [0, 0.1) is 5.92 Å². The summed E-state index contributed by atoms with van der Waals surface area (Å²) in [5, 5.41) is 12.8. The molecule has 2 fully saturated rings. The Morgan fingerprint density at radius 3 is 2.50 bits per heavy atom. The van der Waals surface area contributed by atoms with E-state index >= 15 is 0 Å². The van der Waals surface area contributed by atoms with Gasteiger partial charge < -0.3 is 10.4 Å². The van der Waals surface area contributed by atoms with Gasteiger partial charge in [0.2, 0.25) is 0 Å². The maximum atomic E-state index is 11.7. The first kappa shape index (κ1) is 14.0. The number of nitrogens with zero attached hydrogens (tertiary/aromatic N) is 1. The number of aliphatic carboxylic acids is 1. The van der Waals surface area contributed by atoms with Crippen LogP contribution in [0.3, 0.4) is 0 Å². The molecule has 18 heavy (non-hydrogen) atoms. The highest BCUT2D eigenvalue weighted by molar-refractivity contribution is 7.85. The van der Waals surface area contributed by atoms with Crippen molar-refractivity contribution < 1.29 is 14.1 Å². The summed E-state index contributed by atoms with van der Waals surface area (Å²) in [6, 6.07) is 0. The molecule has 104 valence electrons. The molecule has 1 saturated carbocycles. The van der Waals surface area contributed by atoms with Crippen molar-refractivity contribution in [3.05, 3.63) is 0 Å². The molecule has 0 bridgehead atoms. The third-order valence-electron chi connectivity index (χ3n) is 3.89. The van der Waals surface area contributed by atoms with E-state index in [2.05, 4.69) is 10.2 Å². The minimum atomic E-state index is -0.798. The van der Waals surface area contributed by atoms with Crippen molar-refractivity contribution in [1.29, 1.82) is 0 Å². The van der Waals surface area contributed by atoms with Gasteiger partial charge in [-0.2, -0.15) is 0 Å². The van der Waals surface area contributed by atoms with Gasteiger partial charge in [0.1, 0.15) is 5.54 Å². The van der Waals surface area contributed by atoms with Crippen LogP contribution in [0.2, 0.25) is 0 Å². The molecule has 2 rings (SSSR count). The maximum Gasteiger partial charge on any atom is 0.325 e. The van der Waals surface area contributed by atoms with Gasteiger partial charge >= 0.3 is 5.97 Å². The first-order valence-corrected chi connectivity index (χ1v) is 8.13. The molecule has 6 heteroatoms. The van der Waals surface area contributed by atoms with Crippen LogP contribution in [0.25, 0.3) is 0 Å². The lowest BCUT2D eigenvalue weighted by Gasteiger charge is -2.37. The number of rotatable bonds is 6. The number of nitrogens with one attached hydrogen (secondary N) is 1. The molecule has 2 aliphatic rings. The Bertz CT molecular complexity index is 336. The predicted molar refractivity (Wildman–Crippen MR) is 71.1 cm³/mol. The molecule has 1 atom stereocenters. The fourth-order valence-corrected chi connectivity index (χ4v) is 3.85. The molecular formula is C12H22N2O3S. The minimum Gasteiger partial charge on any atom is -0.480 e. The van der Waals surface area contributed by atoms with Gasteiger partial charge in [-0.1, -0.05) is 6.92 Å². The normalized spacial score (nSPS) is 25.8. The number of hydrogen-bond donors (Lipinski definition) is 2. The van der Waals surface area contributed by atoms with Crippen molar-refractivity contribution in [1.82, 2.24) is 10.2 Å². The van der Waals surface area contributed by atoms with Crippen molar-refractivity contribution in [2.45, 2.75) is 25.3 Å². The molecule has 5 nitrogen and oxygen atoms in total. The molecule has 0 amide bonds. The lowest BCUT2D eigenvalue weighted by Crippen LogP contribution is -2.62. The SMILES string of the molecule is CCNC(CN1CCS(=O)CC1)(C(=O)O)C1CC1. The predicted octanol–water partition coefficient (Wildman–Crippen LogP) is -0.106. The molecule has 0 aromatic carbocycles. The average molecular weight is 274 g/mol. The Kier molecular flexibility index (Phi) is 4.40. The van der Waals surface area contributed by atoms with Gasteiger partial charge in [0.15, 0.2) is 0 Å². The van der Waals surface area contributed by atoms with Gasteiger partial charge in [-0.3, -0.25) is 13.9 Å². The monoisotopic (exact) mass is 274 g/mol. The summed E-state index contributed by atoms with van der Waals surface area (Å²) >= 11 is 0. The minimum absolute atomic E-state index is 0.252. The summed E-state index contributed by atoms with van der Waals surface area (Å²) < 4.78 is 11.3. The number of likely N-dealkylation sites (N-methyl/N-ethyl adjacent to an activating group) is 1. The first-order valence-electron chi connectivity index (χ1n) is 6.64. The first-order chi connectivity index (χ1) is 8.58. The fourth-order valence-electron chi connectivity index (χ4n) is 2.73. The van der Waals surface area contributed by atoms with Crippen LogP contribution in [0.15, 0.2) is 0 Å². The highest BCUT2D eigenvalue weighted by Gasteiger charge is 2.51. The van der Waals surface area contributed by atoms with Crippen LogP contribution in [0.1, 0.15) is 19.8 Å². The summed E-state index contributed by atoms with van der Waals surface area (Å²) in [4.78, 5) is 13.8. The molecule has 1 heterocycles. The van der Waals surface area contributed by atoms with Gasteiger partial charge in [0.25, 0.3) is 0 Å². The zero-order chi connectivity index (χ0) is 13.2. The molecule has 1 aliphatic heterocycles. The van der Waals surface area contributed by atoms with E-state index < -0.39 is 22.3 Å². The quantitative estimate of drug-likeness (QED) is 0.707. The lowest BCUT2D eigenvalue weighted by atomic mass is 9.92. The molecule has 0 aromatic heterocycles. The molecule has 1 unspecified atom stereocenters. The van der Waals surface area contributed by atoms with E-state index in [4.69, 9.17) is 0 Å². The Balaban J connectivity index is 2.04. The molecule has 1 saturated heterocycles. The van der Waals surface area contributed by atoms with E-state index in [1.54, 1.807) is 0 Å². The summed E-state index contributed by atoms with van der Waals surface area (Å²) in [5.74, 6) is 0.861. The van der Waals surface area contributed by atoms with E-state index in [0.717, 1.165) is 25.9 Å². The van der Waals surface area contributed by atoms with Crippen molar-refractivity contribution in [2.75, 3.05) is 37.7 Å². The van der Waals surface area contributed by atoms with E-state index in [0.29, 0.717) is 24.6 Å². The molecule has 2 N–H and O–H groups in total. The Morgan fingerprint density at radius 1 is 1.44 bits per heavy atom. The van der Waals surface area contributed by atoms with Gasteiger partial charge in [-0.15, -0.1) is 0 Å². The highest BCUT2D eigenvalue weighted by Crippen LogP contribution is 2.40. The number of carbonyl (C=O) groups is 1.